The Balaban J connectivity index is 1.91. The average molecular weight is 303 g/mol. The molecule has 0 radical (unpaired) electrons. The molecule has 2 heteroatoms. The Morgan fingerprint density at radius 2 is 1.62 bits per heavy atom. The fourth-order valence-corrected chi connectivity index (χ4v) is 3.28. The molecule has 1 heterocycles. The van der Waals surface area contributed by atoms with Crippen LogP contribution in [-0.4, -0.2) is 0 Å². The summed E-state index contributed by atoms with van der Waals surface area (Å²) >= 11 is 5.39. The van der Waals surface area contributed by atoms with Gasteiger partial charge < -0.3 is 0 Å². The van der Waals surface area contributed by atoms with Crippen LogP contribution < -0.4 is 0 Å². The first-order valence-corrected chi connectivity index (χ1v) is 8.23. The quantitative estimate of drug-likeness (QED) is 0.477. The molecule has 0 fully saturated rings. The van der Waals surface area contributed by atoms with Gasteiger partial charge in [0.15, 0.2) is 0 Å². The summed E-state index contributed by atoms with van der Waals surface area (Å²) in [6, 6.07) is 2.25. The number of thiophene rings is 1. The van der Waals surface area contributed by atoms with Crippen LogP contribution in [0.2, 0.25) is 0 Å². The maximum absolute atomic E-state index is 3.60. The minimum atomic E-state index is 1.25. The van der Waals surface area contributed by atoms with Crippen LogP contribution in [0, 0.1) is 0 Å². The third-order valence-corrected chi connectivity index (χ3v) is 4.80. The monoisotopic (exact) mass is 302 g/mol. The lowest BCUT2D eigenvalue weighted by Gasteiger charge is -2.01. The molecule has 0 bridgehead atoms. The molecule has 1 aromatic rings. The molecule has 0 aliphatic carbocycles. The molecule has 0 atom stereocenters. The van der Waals surface area contributed by atoms with E-state index in [1.807, 2.05) is 0 Å². The van der Waals surface area contributed by atoms with E-state index in [1.54, 1.807) is 11.3 Å². The number of rotatable bonds is 9. The van der Waals surface area contributed by atoms with Crippen LogP contribution in [-0.2, 0) is 6.42 Å². The van der Waals surface area contributed by atoms with Gasteiger partial charge in [0, 0.05) is 0 Å². The molecule has 0 aliphatic heterocycles. The summed E-state index contributed by atoms with van der Waals surface area (Å²) in [7, 11) is 0. The molecule has 0 saturated heterocycles. The minimum absolute atomic E-state index is 1.25. The summed E-state index contributed by atoms with van der Waals surface area (Å²) in [6.45, 7) is 2.28. The Labute approximate surface area is 113 Å². The third kappa shape index (κ3) is 6.05. The molecule has 16 heavy (non-hydrogen) atoms. The van der Waals surface area contributed by atoms with Crippen LogP contribution in [0.15, 0.2) is 15.2 Å². The van der Waals surface area contributed by atoms with Crippen molar-refractivity contribution in [2.75, 3.05) is 0 Å². The van der Waals surface area contributed by atoms with Crippen molar-refractivity contribution < 1.29 is 0 Å². The fourth-order valence-electron chi connectivity index (χ4n) is 1.95. The normalized spacial score (nSPS) is 10.9. The molecule has 0 aromatic carbocycles. The number of hydrogen-bond acceptors (Lipinski definition) is 1. The molecular formula is C14H23BrS. The molecule has 0 unspecified atom stereocenters. The lowest BCUT2D eigenvalue weighted by atomic mass is 10.1. The number of unbranched alkanes of at least 4 members (excludes halogenated alkanes) is 7. The number of hydrogen-bond donors (Lipinski definition) is 0. The predicted molar refractivity (Wildman–Crippen MR) is 78.3 cm³/mol. The van der Waals surface area contributed by atoms with Gasteiger partial charge in [0.25, 0.3) is 0 Å². The highest BCUT2D eigenvalue weighted by molar-refractivity contribution is 9.11. The zero-order valence-electron chi connectivity index (χ0n) is 10.3. The van der Waals surface area contributed by atoms with Gasteiger partial charge in [-0.3, -0.25) is 0 Å². The summed E-state index contributed by atoms with van der Waals surface area (Å²) in [5.74, 6) is 0. The van der Waals surface area contributed by atoms with Gasteiger partial charge in [0.1, 0.15) is 0 Å². The van der Waals surface area contributed by atoms with Crippen molar-refractivity contribution in [2.24, 2.45) is 0 Å². The van der Waals surface area contributed by atoms with Gasteiger partial charge >= 0.3 is 0 Å². The van der Waals surface area contributed by atoms with E-state index in [0.29, 0.717) is 0 Å². The van der Waals surface area contributed by atoms with Crippen LogP contribution in [0.25, 0.3) is 0 Å². The maximum Gasteiger partial charge on any atom is 0.0730 e. The van der Waals surface area contributed by atoms with Crippen molar-refractivity contribution in [3.63, 3.8) is 0 Å². The molecule has 0 nitrogen and oxygen atoms in total. The largest absolute Gasteiger partial charge is 0.137 e. The van der Waals surface area contributed by atoms with Gasteiger partial charge in [0.05, 0.1) is 3.79 Å². The van der Waals surface area contributed by atoms with Gasteiger partial charge in [-0.1, -0.05) is 51.9 Å². The highest BCUT2D eigenvalue weighted by Crippen LogP contribution is 2.25. The van der Waals surface area contributed by atoms with E-state index in [-0.39, 0.29) is 0 Å². The van der Waals surface area contributed by atoms with E-state index in [1.165, 1.54) is 67.1 Å². The molecule has 0 spiro atoms. The van der Waals surface area contributed by atoms with Gasteiger partial charge in [-0.2, -0.15) is 0 Å². The van der Waals surface area contributed by atoms with E-state index in [0.717, 1.165) is 0 Å². The summed E-state index contributed by atoms with van der Waals surface area (Å²) < 4.78 is 1.33. The Morgan fingerprint density at radius 1 is 1.00 bits per heavy atom. The van der Waals surface area contributed by atoms with Crippen molar-refractivity contribution in [2.45, 2.75) is 64.7 Å². The van der Waals surface area contributed by atoms with E-state index < -0.39 is 0 Å². The standard InChI is InChI=1S/C14H23BrS/c1-2-3-4-5-6-7-8-9-10-13-11-12-16-14(13)15/h11-12H,2-10H2,1H3. The molecule has 0 saturated carbocycles. The van der Waals surface area contributed by atoms with Crippen molar-refractivity contribution >= 4 is 27.3 Å². The molecule has 0 N–H and O–H groups in total. The smallest absolute Gasteiger partial charge is 0.0730 e. The van der Waals surface area contributed by atoms with Crippen molar-refractivity contribution in [3.8, 4) is 0 Å². The lowest BCUT2D eigenvalue weighted by molar-refractivity contribution is 0.575. The van der Waals surface area contributed by atoms with Crippen LogP contribution in [0.3, 0.4) is 0 Å². The van der Waals surface area contributed by atoms with Gasteiger partial charge in [0.2, 0.25) is 0 Å². The van der Waals surface area contributed by atoms with Crippen LogP contribution >= 0.6 is 27.3 Å². The highest BCUT2D eigenvalue weighted by atomic mass is 79.9. The number of aryl methyl sites for hydroxylation is 1. The molecule has 92 valence electrons. The van der Waals surface area contributed by atoms with Crippen molar-refractivity contribution in [1.29, 1.82) is 0 Å². The van der Waals surface area contributed by atoms with E-state index in [9.17, 15) is 0 Å². The van der Waals surface area contributed by atoms with Crippen molar-refractivity contribution in [1.82, 2.24) is 0 Å². The second-order valence-corrected chi connectivity index (χ2v) is 6.68. The Bertz CT molecular complexity index is 267. The predicted octanol–water partition coefficient (Wildman–Crippen LogP) is 6.19. The maximum atomic E-state index is 3.60. The zero-order chi connectivity index (χ0) is 11.6. The Kier molecular flexibility index (Phi) is 8.22. The van der Waals surface area contributed by atoms with Crippen molar-refractivity contribution in [3.05, 3.63) is 20.8 Å². The van der Waals surface area contributed by atoms with Gasteiger partial charge in [-0.15, -0.1) is 11.3 Å². The van der Waals surface area contributed by atoms with Gasteiger partial charge in [-0.25, -0.2) is 0 Å². The average Bonchev–Trinajstić information content (AvgIpc) is 2.68. The van der Waals surface area contributed by atoms with E-state index in [4.69, 9.17) is 0 Å². The topological polar surface area (TPSA) is 0 Å². The first kappa shape index (κ1) is 14.2. The molecule has 0 aliphatic rings. The summed E-state index contributed by atoms with van der Waals surface area (Å²) in [6.07, 6.45) is 12.5. The van der Waals surface area contributed by atoms with E-state index >= 15 is 0 Å². The SMILES string of the molecule is CCCCCCCCCCc1ccsc1Br. The third-order valence-electron chi connectivity index (χ3n) is 2.99. The Hall–Kier alpha value is 0.180. The molecular weight excluding hydrogens is 280 g/mol. The van der Waals surface area contributed by atoms with Gasteiger partial charge in [-0.05, 0) is 45.8 Å². The Morgan fingerprint density at radius 3 is 2.19 bits per heavy atom. The zero-order valence-corrected chi connectivity index (χ0v) is 12.7. The van der Waals surface area contributed by atoms with E-state index in [2.05, 4.69) is 34.3 Å². The molecule has 1 aromatic heterocycles. The summed E-state index contributed by atoms with van der Waals surface area (Å²) in [5.41, 5.74) is 1.50. The minimum Gasteiger partial charge on any atom is -0.137 e. The lowest BCUT2D eigenvalue weighted by Crippen LogP contribution is -1.85. The first-order valence-electron chi connectivity index (χ1n) is 6.56. The summed E-state index contributed by atoms with van der Waals surface area (Å²) in [4.78, 5) is 0. The second kappa shape index (κ2) is 9.23. The summed E-state index contributed by atoms with van der Waals surface area (Å²) in [5, 5.41) is 2.17. The van der Waals surface area contributed by atoms with Crippen LogP contribution in [0.5, 0.6) is 0 Å². The van der Waals surface area contributed by atoms with Crippen LogP contribution in [0.1, 0.15) is 63.9 Å². The molecule has 0 amide bonds. The highest BCUT2D eigenvalue weighted by Gasteiger charge is 2.00. The second-order valence-electron chi connectivity index (χ2n) is 4.44. The van der Waals surface area contributed by atoms with Crippen LogP contribution in [0.4, 0.5) is 0 Å². The number of halogens is 1. The molecule has 1 rings (SSSR count). The fraction of sp³-hybridized carbons (Fsp3) is 0.714. The first-order chi connectivity index (χ1) is 7.84.